The number of anilines is 1. The van der Waals surface area contributed by atoms with Crippen LogP contribution in [-0.2, 0) is 11.3 Å². The van der Waals surface area contributed by atoms with E-state index in [2.05, 4.69) is 29.0 Å². The molecule has 0 aliphatic carbocycles. The first-order chi connectivity index (χ1) is 9.10. The first-order valence-corrected chi connectivity index (χ1v) is 7.05. The van der Waals surface area contributed by atoms with Gasteiger partial charge in [0, 0.05) is 20.7 Å². The van der Waals surface area contributed by atoms with Gasteiger partial charge in [-0.05, 0) is 32.0 Å². The maximum absolute atomic E-state index is 6.17. The fourth-order valence-electron chi connectivity index (χ4n) is 1.76. The molecular weight excluding hydrogens is 262 g/mol. The monoisotopic (exact) mass is 285 g/mol. The molecule has 1 rings (SSSR count). The van der Waals surface area contributed by atoms with Crippen molar-refractivity contribution in [2.24, 2.45) is 0 Å². The van der Waals surface area contributed by atoms with Crippen LogP contribution >= 0.6 is 11.6 Å². The Hall–Kier alpha value is -0.840. The van der Waals surface area contributed by atoms with Gasteiger partial charge in [0.15, 0.2) is 0 Å². The van der Waals surface area contributed by atoms with Crippen LogP contribution in [0.25, 0.3) is 0 Å². The van der Waals surface area contributed by atoms with E-state index in [4.69, 9.17) is 16.3 Å². The molecule has 0 spiro atoms. The molecule has 108 valence electrons. The molecule has 0 saturated heterocycles. The SMILES string of the molecule is CCCNCc1nc(N(C)C(C)COC)ccc1Cl. The lowest BCUT2D eigenvalue weighted by molar-refractivity contribution is 0.183. The zero-order chi connectivity index (χ0) is 14.3. The van der Waals surface area contributed by atoms with Gasteiger partial charge in [-0.25, -0.2) is 4.98 Å². The van der Waals surface area contributed by atoms with Crippen molar-refractivity contribution in [3.8, 4) is 0 Å². The summed E-state index contributed by atoms with van der Waals surface area (Å²) in [6.45, 7) is 6.59. The molecule has 0 fully saturated rings. The van der Waals surface area contributed by atoms with Crippen LogP contribution in [0.5, 0.6) is 0 Å². The number of rotatable bonds is 8. The number of ether oxygens (including phenoxy) is 1. The van der Waals surface area contributed by atoms with E-state index in [0.717, 1.165) is 24.5 Å². The zero-order valence-corrected chi connectivity index (χ0v) is 13.0. The van der Waals surface area contributed by atoms with Gasteiger partial charge in [-0.3, -0.25) is 0 Å². The average molecular weight is 286 g/mol. The van der Waals surface area contributed by atoms with Gasteiger partial charge in [-0.1, -0.05) is 18.5 Å². The van der Waals surface area contributed by atoms with E-state index in [-0.39, 0.29) is 6.04 Å². The number of nitrogens with one attached hydrogen (secondary N) is 1. The van der Waals surface area contributed by atoms with E-state index in [0.29, 0.717) is 18.2 Å². The lowest BCUT2D eigenvalue weighted by atomic mass is 10.3. The van der Waals surface area contributed by atoms with Crippen molar-refractivity contribution in [3.63, 3.8) is 0 Å². The van der Waals surface area contributed by atoms with E-state index < -0.39 is 0 Å². The second kappa shape index (κ2) is 8.35. The zero-order valence-electron chi connectivity index (χ0n) is 12.2. The Morgan fingerprint density at radius 1 is 1.47 bits per heavy atom. The molecule has 4 nitrogen and oxygen atoms in total. The molecule has 0 aromatic carbocycles. The molecule has 1 aromatic rings. The van der Waals surface area contributed by atoms with Gasteiger partial charge in [0.25, 0.3) is 0 Å². The predicted octanol–water partition coefficient (Wildman–Crippen LogP) is 2.71. The third kappa shape index (κ3) is 4.97. The minimum Gasteiger partial charge on any atom is -0.383 e. The fraction of sp³-hybridized carbons (Fsp3) is 0.643. The molecular formula is C14H24ClN3O. The van der Waals surface area contributed by atoms with Gasteiger partial charge >= 0.3 is 0 Å². The van der Waals surface area contributed by atoms with Crippen molar-refractivity contribution < 1.29 is 4.74 Å². The van der Waals surface area contributed by atoms with E-state index in [1.54, 1.807) is 7.11 Å². The molecule has 1 heterocycles. The van der Waals surface area contributed by atoms with E-state index in [1.807, 2.05) is 19.2 Å². The maximum atomic E-state index is 6.17. The predicted molar refractivity (Wildman–Crippen MR) is 81.0 cm³/mol. The van der Waals surface area contributed by atoms with Crippen LogP contribution in [0, 0.1) is 0 Å². The minimum absolute atomic E-state index is 0.273. The van der Waals surface area contributed by atoms with Crippen molar-refractivity contribution in [3.05, 3.63) is 22.8 Å². The van der Waals surface area contributed by atoms with Crippen LogP contribution in [0.1, 0.15) is 26.0 Å². The Balaban J connectivity index is 2.76. The quantitative estimate of drug-likeness (QED) is 0.745. The van der Waals surface area contributed by atoms with Crippen LogP contribution in [0.3, 0.4) is 0 Å². The Labute approximate surface area is 121 Å². The van der Waals surface area contributed by atoms with Gasteiger partial charge in [-0.2, -0.15) is 0 Å². The van der Waals surface area contributed by atoms with E-state index >= 15 is 0 Å². The molecule has 1 N–H and O–H groups in total. The summed E-state index contributed by atoms with van der Waals surface area (Å²) >= 11 is 6.17. The average Bonchev–Trinajstić information content (AvgIpc) is 2.40. The molecule has 0 amide bonds. The summed E-state index contributed by atoms with van der Waals surface area (Å²) in [7, 11) is 3.73. The Bertz CT molecular complexity index is 387. The fourth-order valence-corrected chi connectivity index (χ4v) is 1.93. The van der Waals surface area contributed by atoms with Crippen LogP contribution < -0.4 is 10.2 Å². The van der Waals surface area contributed by atoms with E-state index in [9.17, 15) is 0 Å². The number of likely N-dealkylation sites (N-methyl/N-ethyl adjacent to an activating group) is 1. The highest BCUT2D eigenvalue weighted by Crippen LogP contribution is 2.20. The highest BCUT2D eigenvalue weighted by atomic mass is 35.5. The van der Waals surface area contributed by atoms with Crippen molar-refractivity contribution in [1.82, 2.24) is 10.3 Å². The molecule has 0 bridgehead atoms. The highest BCUT2D eigenvalue weighted by Gasteiger charge is 2.12. The second-order valence-electron chi connectivity index (χ2n) is 4.69. The molecule has 1 atom stereocenters. The Morgan fingerprint density at radius 3 is 2.84 bits per heavy atom. The molecule has 0 radical (unpaired) electrons. The summed E-state index contributed by atoms with van der Waals surface area (Å²) in [5.74, 6) is 0.919. The third-order valence-electron chi connectivity index (χ3n) is 3.05. The van der Waals surface area contributed by atoms with Crippen LogP contribution in [-0.4, -0.2) is 38.3 Å². The van der Waals surface area contributed by atoms with E-state index in [1.165, 1.54) is 0 Å². The third-order valence-corrected chi connectivity index (χ3v) is 3.40. The minimum atomic E-state index is 0.273. The Kier molecular flexibility index (Phi) is 7.13. The van der Waals surface area contributed by atoms with Crippen LogP contribution in [0.4, 0.5) is 5.82 Å². The molecule has 19 heavy (non-hydrogen) atoms. The first kappa shape index (κ1) is 16.2. The lowest BCUT2D eigenvalue weighted by Crippen LogP contribution is -2.33. The Morgan fingerprint density at radius 2 is 2.21 bits per heavy atom. The summed E-state index contributed by atoms with van der Waals surface area (Å²) in [5.41, 5.74) is 0.893. The number of halogens is 1. The lowest BCUT2D eigenvalue weighted by Gasteiger charge is -2.26. The second-order valence-corrected chi connectivity index (χ2v) is 5.10. The van der Waals surface area contributed by atoms with Crippen LogP contribution in [0.2, 0.25) is 5.02 Å². The summed E-state index contributed by atoms with van der Waals surface area (Å²) in [5, 5.41) is 4.03. The number of pyridine rings is 1. The molecule has 1 unspecified atom stereocenters. The summed E-state index contributed by atoms with van der Waals surface area (Å²) in [6, 6.07) is 4.12. The standard InChI is InChI=1S/C14H24ClN3O/c1-5-8-16-9-13-12(15)6-7-14(17-13)18(3)11(2)10-19-4/h6-7,11,16H,5,8-10H2,1-4H3. The highest BCUT2D eigenvalue weighted by molar-refractivity contribution is 6.31. The number of nitrogens with zero attached hydrogens (tertiary/aromatic N) is 2. The maximum Gasteiger partial charge on any atom is 0.129 e. The van der Waals surface area contributed by atoms with Gasteiger partial charge in [0.2, 0.25) is 0 Å². The first-order valence-electron chi connectivity index (χ1n) is 6.68. The van der Waals surface area contributed by atoms with Crippen molar-refractivity contribution in [1.29, 1.82) is 0 Å². The molecule has 0 saturated carbocycles. The van der Waals surface area contributed by atoms with Crippen molar-refractivity contribution >= 4 is 17.4 Å². The molecule has 0 aliphatic heterocycles. The number of aromatic nitrogens is 1. The number of hydrogen-bond acceptors (Lipinski definition) is 4. The summed E-state index contributed by atoms with van der Waals surface area (Å²) in [4.78, 5) is 6.72. The van der Waals surface area contributed by atoms with Crippen molar-refractivity contribution in [2.45, 2.75) is 32.9 Å². The smallest absolute Gasteiger partial charge is 0.129 e. The normalized spacial score (nSPS) is 12.5. The van der Waals surface area contributed by atoms with Gasteiger partial charge in [0.05, 0.1) is 23.4 Å². The van der Waals surface area contributed by atoms with Crippen LogP contribution in [0.15, 0.2) is 12.1 Å². The van der Waals surface area contributed by atoms with Gasteiger partial charge in [-0.15, -0.1) is 0 Å². The molecule has 5 heteroatoms. The number of hydrogen-bond donors (Lipinski definition) is 1. The topological polar surface area (TPSA) is 37.4 Å². The van der Waals surface area contributed by atoms with Gasteiger partial charge < -0.3 is 15.0 Å². The van der Waals surface area contributed by atoms with Crippen molar-refractivity contribution in [2.75, 3.05) is 32.2 Å². The van der Waals surface area contributed by atoms with Gasteiger partial charge in [0.1, 0.15) is 5.82 Å². The number of methoxy groups -OCH3 is 1. The summed E-state index contributed by atoms with van der Waals surface area (Å²) < 4.78 is 5.17. The largest absolute Gasteiger partial charge is 0.383 e. The molecule has 0 aliphatic rings. The molecule has 1 aromatic heterocycles. The summed E-state index contributed by atoms with van der Waals surface area (Å²) in [6.07, 6.45) is 1.10.